The maximum absolute atomic E-state index is 12.9. The van der Waals surface area contributed by atoms with Crippen LogP contribution in [0.15, 0.2) is 47.4 Å². The van der Waals surface area contributed by atoms with Crippen molar-refractivity contribution in [3.8, 4) is 17.2 Å². The predicted molar refractivity (Wildman–Crippen MR) is 109 cm³/mol. The molecule has 8 heteroatoms. The third-order valence-electron chi connectivity index (χ3n) is 4.06. The number of carbonyl (C=O) groups is 2. The van der Waals surface area contributed by atoms with E-state index in [1.165, 1.54) is 31.4 Å². The Morgan fingerprint density at radius 3 is 2.52 bits per heavy atom. The number of thioether (sulfide) groups is 1. The number of hydrogen-bond acceptors (Lipinski definition) is 6. The normalized spacial score (nSPS) is 15.1. The summed E-state index contributed by atoms with van der Waals surface area (Å²) >= 11 is 0.874. The van der Waals surface area contributed by atoms with Gasteiger partial charge in [-0.1, -0.05) is 6.07 Å². The highest BCUT2D eigenvalue weighted by Gasteiger charge is 2.34. The molecule has 29 heavy (non-hydrogen) atoms. The highest BCUT2D eigenvalue weighted by atomic mass is 32.2. The van der Waals surface area contributed by atoms with Gasteiger partial charge in [-0.3, -0.25) is 14.5 Å². The van der Waals surface area contributed by atoms with Crippen LogP contribution >= 0.6 is 11.8 Å². The van der Waals surface area contributed by atoms with Gasteiger partial charge in [0.05, 0.1) is 25.2 Å². The summed E-state index contributed by atoms with van der Waals surface area (Å²) in [6.45, 7) is 2.61. The zero-order chi connectivity index (χ0) is 20.8. The number of benzene rings is 2. The van der Waals surface area contributed by atoms with Gasteiger partial charge in [-0.25, -0.2) is 4.39 Å². The molecule has 0 saturated carbocycles. The largest absolute Gasteiger partial charge is 0.493 e. The van der Waals surface area contributed by atoms with Gasteiger partial charge in [0.15, 0.2) is 11.5 Å². The number of amides is 2. The van der Waals surface area contributed by atoms with Crippen LogP contribution in [-0.4, -0.2) is 42.9 Å². The molecular formula is C21H20FNO5S. The van der Waals surface area contributed by atoms with Crippen LogP contribution in [0.4, 0.5) is 9.18 Å². The summed E-state index contributed by atoms with van der Waals surface area (Å²) in [5.41, 5.74) is 0.721. The molecule has 2 amide bonds. The average Bonchev–Trinajstić information content (AvgIpc) is 2.98. The minimum Gasteiger partial charge on any atom is -0.493 e. The Kier molecular flexibility index (Phi) is 6.77. The second-order valence-corrected chi connectivity index (χ2v) is 6.97. The molecule has 0 N–H and O–H groups in total. The van der Waals surface area contributed by atoms with Gasteiger partial charge >= 0.3 is 0 Å². The molecular weight excluding hydrogens is 397 g/mol. The first-order valence-corrected chi connectivity index (χ1v) is 9.78. The number of ether oxygens (including phenoxy) is 3. The minimum absolute atomic E-state index is 0.103. The Labute approximate surface area is 172 Å². The fourth-order valence-corrected chi connectivity index (χ4v) is 3.54. The molecule has 1 aliphatic heterocycles. The highest BCUT2D eigenvalue weighted by molar-refractivity contribution is 8.18. The lowest BCUT2D eigenvalue weighted by atomic mass is 10.2. The van der Waals surface area contributed by atoms with Crippen LogP contribution in [0.3, 0.4) is 0 Å². The van der Waals surface area contributed by atoms with Crippen LogP contribution in [0.5, 0.6) is 17.2 Å². The van der Waals surface area contributed by atoms with E-state index in [0.29, 0.717) is 28.8 Å². The summed E-state index contributed by atoms with van der Waals surface area (Å²) in [5.74, 6) is 0.885. The number of nitrogens with zero attached hydrogens (tertiary/aromatic N) is 1. The second-order valence-electron chi connectivity index (χ2n) is 5.98. The lowest BCUT2D eigenvalue weighted by molar-refractivity contribution is -0.123. The van der Waals surface area contributed by atoms with E-state index in [-0.39, 0.29) is 30.1 Å². The highest BCUT2D eigenvalue weighted by Crippen LogP contribution is 2.34. The first-order valence-electron chi connectivity index (χ1n) is 8.96. The third kappa shape index (κ3) is 5.08. The van der Waals surface area contributed by atoms with Crippen molar-refractivity contribution < 1.29 is 28.2 Å². The van der Waals surface area contributed by atoms with Crippen LogP contribution in [-0.2, 0) is 4.79 Å². The SMILES string of the molecule is CCOc1ccc(/C=C2/SC(=O)N(CCOc3ccc(F)cc3)C2=O)cc1OC. The summed E-state index contributed by atoms with van der Waals surface area (Å²) in [7, 11) is 1.54. The van der Waals surface area contributed by atoms with Gasteiger partial charge in [-0.05, 0) is 66.7 Å². The van der Waals surface area contributed by atoms with Gasteiger partial charge in [-0.2, -0.15) is 0 Å². The fourth-order valence-electron chi connectivity index (χ4n) is 2.68. The molecule has 3 rings (SSSR count). The second kappa shape index (κ2) is 9.47. The number of hydrogen-bond donors (Lipinski definition) is 0. The van der Waals surface area contributed by atoms with Crippen LogP contribution in [0.25, 0.3) is 6.08 Å². The van der Waals surface area contributed by atoms with Crippen molar-refractivity contribution in [1.82, 2.24) is 4.90 Å². The van der Waals surface area contributed by atoms with Crippen molar-refractivity contribution in [1.29, 1.82) is 0 Å². The van der Waals surface area contributed by atoms with Crippen molar-refractivity contribution in [3.05, 3.63) is 58.8 Å². The summed E-state index contributed by atoms with van der Waals surface area (Å²) in [5, 5.41) is -0.359. The molecule has 0 atom stereocenters. The lowest BCUT2D eigenvalue weighted by Crippen LogP contribution is -2.32. The maximum Gasteiger partial charge on any atom is 0.293 e. The summed E-state index contributed by atoms with van der Waals surface area (Å²) < 4.78 is 29.2. The Bertz CT molecular complexity index is 929. The number of carbonyl (C=O) groups excluding carboxylic acids is 2. The topological polar surface area (TPSA) is 65.1 Å². The average molecular weight is 417 g/mol. The van der Waals surface area contributed by atoms with E-state index in [1.807, 2.05) is 6.92 Å². The third-order valence-corrected chi connectivity index (χ3v) is 4.96. The van der Waals surface area contributed by atoms with Gasteiger partial charge in [0.2, 0.25) is 0 Å². The van der Waals surface area contributed by atoms with Crippen LogP contribution in [0, 0.1) is 5.82 Å². The summed E-state index contributed by atoms with van der Waals surface area (Å²) in [4.78, 5) is 26.3. The van der Waals surface area contributed by atoms with Crippen molar-refractivity contribution >= 4 is 29.0 Å². The van der Waals surface area contributed by atoms with E-state index in [4.69, 9.17) is 14.2 Å². The van der Waals surface area contributed by atoms with E-state index in [9.17, 15) is 14.0 Å². The monoisotopic (exact) mass is 417 g/mol. The maximum atomic E-state index is 12.9. The predicted octanol–water partition coefficient (Wildman–Crippen LogP) is 4.35. The minimum atomic E-state index is -0.379. The standard InChI is InChI=1S/C21H20FNO5S/c1-3-27-17-9-4-14(12-18(17)26-2)13-19-20(24)23(21(25)29-19)10-11-28-16-7-5-15(22)6-8-16/h4-9,12-13H,3,10-11H2,1-2H3/b19-13+. The van der Waals surface area contributed by atoms with Crippen molar-refractivity contribution in [3.63, 3.8) is 0 Å². The zero-order valence-electron chi connectivity index (χ0n) is 16.0. The van der Waals surface area contributed by atoms with E-state index >= 15 is 0 Å². The molecule has 1 heterocycles. The van der Waals surface area contributed by atoms with Gasteiger partial charge < -0.3 is 14.2 Å². The molecule has 6 nitrogen and oxygen atoms in total. The first kappa shape index (κ1) is 20.7. The van der Waals surface area contributed by atoms with Crippen LogP contribution < -0.4 is 14.2 Å². The molecule has 152 valence electrons. The van der Waals surface area contributed by atoms with Gasteiger partial charge in [0.1, 0.15) is 18.2 Å². The molecule has 1 aliphatic rings. The van der Waals surface area contributed by atoms with E-state index in [1.54, 1.807) is 24.3 Å². The molecule has 2 aromatic carbocycles. The fraction of sp³-hybridized carbons (Fsp3) is 0.238. The van der Waals surface area contributed by atoms with E-state index in [2.05, 4.69) is 0 Å². The van der Waals surface area contributed by atoms with E-state index in [0.717, 1.165) is 22.2 Å². The van der Waals surface area contributed by atoms with Crippen molar-refractivity contribution in [2.24, 2.45) is 0 Å². The van der Waals surface area contributed by atoms with Crippen molar-refractivity contribution in [2.75, 3.05) is 26.9 Å². The zero-order valence-corrected chi connectivity index (χ0v) is 16.8. The van der Waals surface area contributed by atoms with Gasteiger partial charge in [0, 0.05) is 0 Å². The summed E-state index contributed by atoms with van der Waals surface area (Å²) in [6.07, 6.45) is 1.64. The molecule has 1 fully saturated rings. The smallest absolute Gasteiger partial charge is 0.293 e. The Morgan fingerprint density at radius 2 is 1.83 bits per heavy atom. The van der Waals surface area contributed by atoms with E-state index < -0.39 is 0 Å². The van der Waals surface area contributed by atoms with Crippen molar-refractivity contribution in [2.45, 2.75) is 6.92 Å². The Balaban J connectivity index is 1.65. The van der Waals surface area contributed by atoms with Crippen LogP contribution in [0.1, 0.15) is 12.5 Å². The Morgan fingerprint density at radius 1 is 1.07 bits per heavy atom. The number of rotatable bonds is 8. The quantitative estimate of drug-likeness (QED) is 0.595. The molecule has 0 spiro atoms. The molecule has 0 unspecified atom stereocenters. The number of halogens is 1. The van der Waals surface area contributed by atoms with Gasteiger partial charge in [-0.15, -0.1) is 0 Å². The summed E-state index contributed by atoms with van der Waals surface area (Å²) in [6, 6.07) is 10.8. The molecule has 1 saturated heterocycles. The van der Waals surface area contributed by atoms with Crippen LogP contribution in [0.2, 0.25) is 0 Å². The molecule has 0 aliphatic carbocycles. The molecule has 0 radical (unpaired) electrons. The number of imide groups is 1. The lowest BCUT2D eigenvalue weighted by Gasteiger charge is -2.13. The van der Waals surface area contributed by atoms with Gasteiger partial charge in [0.25, 0.3) is 11.1 Å². The molecule has 2 aromatic rings. The first-order chi connectivity index (χ1) is 14.0. The Hall–Kier alpha value is -3.00. The molecule has 0 aromatic heterocycles. The molecule has 0 bridgehead atoms. The number of methoxy groups -OCH3 is 1.